The Hall–Kier alpha value is -2.00. The Bertz CT molecular complexity index is 629. The van der Waals surface area contributed by atoms with Crippen LogP contribution in [0.5, 0.6) is 5.75 Å². The molecule has 0 saturated heterocycles. The van der Waals surface area contributed by atoms with Crippen LogP contribution >= 0.6 is 11.6 Å². The fraction of sp³-hybridized carbons (Fsp3) is 0.133. The number of carbonyl (C=O) groups excluding carboxylic acids is 1. The molecule has 0 aromatic heterocycles. The molecule has 0 radical (unpaired) electrons. The maximum absolute atomic E-state index is 12.4. The second-order valence-electron chi connectivity index (χ2n) is 4.59. The first-order valence-electron chi connectivity index (χ1n) is 6.00. The lowest BCUT2D eigenvalue weighted by molar-refractivity contribution is 0.0748. The van der Waals surface area contributed by atoms with Crippen molar-refractivity contribution in [1.82, 2.24) is 4.90 Å². The lowest BCUT2D eigenvalue weighted by Gasteiger charge is -2.16. The van der Waals surface area contributed by atoms with Crippen molar-refractivity contribution in [2.24, 2.45) is 0 Å². The summed E-state index contributed by atoms with van der Waals surface area (Å²) >= 11 is 5.87. The van der Waals surface area contributed by atoms with Gasteiger partial charge in [0.1, 0.15) is 5.75 Å². The van der Waals surface area contributed by atoms with Crippen molar-refractivity contribution in [2.45, 2.75) is 13.1 Å². The van der Waals surface area contributed by atoms with E-state index < -0.39 is 0 Å². The molecule has 3 nitrogen and oxygen atoms in total. The first-order chi connectivity index (χ1) is 9.15. The van der Waals surface area contributed by atoms with Gasteiger partial charge in [-0.05, 0) is 29.3 Å². The highest BCUT2D eigenvalue weighted by Crippen LogP contribution is 2.28. The Morgan fingerprint density at radius 3 is 2.37 bits per heavy atom. The smallest absolute Gasteiger partial charge is 0.258 e. The average Bonchev–Trinajstić information content (AvgIpc) is 2.84. The van der Waals surface area contributed by atoms with E-state index in [-0.39, 0.29) is 17.2 Å². The number of halogens is 1. The van der Waals surface area contributed by atoms with Crippen molar-refractivity contribution in [3.63, 3.8) is 0 Å². The number of carbonyl (C=O) groups is 1. The highest BCUT2D eigenvalue weighted by molar-refractivity contribution is 6.31. The lowest BCUT2D eigenvalue weighted by atomic mass is 10.1. The Morgan fingerprint density at radius 1 is 1.11 bits per heavy atom. The first kappa shape index (κ1) is 12.1. The maximum Gasteiger partial charge on any atom is 0.258 e. The molecule has 2 aromatic rings. The molecule has 0 bridgehead atoms. The molecule has 3 rings (SSSR count). The van der Waals surface area contributed by atoms with Gasteiger partial charge in [0.2, 0.25) is 0 Å². The molecular weight excluding hydrogens is 262 g/mol. The topological polar surface area (TPSA) is 40.5 Å². The van der Waals surface area contributed by atoms with Crippen LogP contribution in [0.25, 0.3) is 0 Å². The number of phenols is 1. The molecule has 0 atom stereocenters. The minimum absolute atomic E-state index is 0.0367. The first-order valence-corrected chi connectivity index (χ1v) is 6.37. The summed E-state index contributed by atoms with van der Waals surface area (Å²) in [7, 11) is 0. The molecule has 1 aliphatic heterocycles. The largest absolute Gasteiger partial charge is 0.507 e. The van der Waals surface area contributed by atoms with Crippen LogP contribution in [0, 0.1) is 0 Å². The summed E-state index contributed by atoms with van der Waals surface area (Å²) in [6.45, 7) is 1.14. The van der Waals surface area contributed by atoms with E-state index in [1.165, 1.54) is 12.1 Å². The Labute approximate surface area is 116 Å². The second kappa shape index (κ2) is 4.59. The Kier molecular flexibility index (Phi) is 2.91. The molecule has 96 valence electrons. The molecular formula is C15H12ClNO2. The second-order valence-corrected chi connectivity index (χ2v) is 5.03. The van der Waals surface area contributed by atoms with E-state index in [9.17, 15) is 9.90 Å². The van der Waals surface area contributed by atoms with Crippen molar-refractivity contribution in [3.05, 3.63) is 64.2 Å². The van der Waals surface area contributed by atoms with E-state index in [1.54, 1.807) is 11.0 Å². The van der Waals surface area contributed by atoms with Crippen LogP contribution in [0.15, 0.2) is 42.5 Å². The fourth-order valence-corrected chi connectivity index (χ4v) is 2.50. The molecule has 0 aliphatic carbocycles. The van der Waals surface area contributed by atoms with E-state index in [0.717, 1.165) is 11.1 Å². The standard InChI is InChI=1S/C15H12ClNO2/c16-12-5-6-14(18)13(7-12)15(19)17-8-10-3-1-2-4-11(10)9-17/h1-7,18H,8-9H2. The zero-order chi connectivity index (χ0) is 13.4. The van der Waals surface area contributed by atoms with Gasteiger partial charge in [-0.25, -0.2) is 0 Å². The van der Waals surface area contributed by atoms with E-state index in [1.807, 2.05) is 24.3 Å². The van der Waals surface area contributed by atoms with Crippen molar-refractivity contribution in [1.29, 1.82) is 0 Å². The van der Waals surface area contributed by atoms with Gasteiger partial charge in [0, 0.05) is 18.1 Å². The summed E-state index contributed by atoms with van der Waals surface area (Å²) in [6.07, 6.45) is 0. The number of fused-ring (bicyclic) bond motifs is 1. The molecule has 4 heteroatoms. The number of amides is 1. The van der Waals surface area contributed by atoms with E-state index in [4.69, 9.17) is 11.6 Å². The molecule has 0 saturated carbocycles. The Morgan fingerprint density at radius 2 is 1.74 bits per heavy atom. The van der Waals surface area contributed by atoms with Crippen molar-refractivity contribution < 1.29 is 9.90 Å². The van der Waals surface area contributed by atoms with Gasteiger partial charge in [0.15, 0.2) is 0 Å². The molecule has 2 aromatic carbocycles. The number of nitrogens with zero attached hydrogens (tertiary/aromatic N) is 1. The summed E-state index contributed by atoms with van der Waals surface area (Å²) in [4.78, 5) is 14.1. The fourth-order valence-electron chi connectivity index (χ4n) is 2.33. The molecule has 1 N–H and O–H groups in total. The van der Waals surface area contributed by atoms with Crippen molar-refractivity contribution in [3.8, 4) is 5.75 Å². The number of hydrogen-bond donors (Lipinski definition) is 1. The van der Waals surface area contributed by atoms with Crippen LogP contribution in [-0.4, -0.2) is 15.9 Å². The predicted molar refractivity (Wildman–Crippen MR) is 73.1 cm³/mol. The molecule has 19 heavy (non-hydrogen) atoms. The number of benzene rings is 2. The van der Waals surface area contributed by atoms with Gasteiger partial charge < -0.3 is 10.0 Å². The van der Waals surface area contributed by atoms with Gasteiger partial charge in [-0.2, -0.15) is 0 Å². The number of rotatable bonds is 1. The lowest BCUT2D eigenvalue weighted by Crippen LogP contribution is -2.25. The van der Waals surface area contributed by atoms with Crippen LogP contribution in [0.4, 0.5) is 0 Å². The zero-order valence-corrected chi connectivity index (χ0v) is 10.9. The quantitative estimate of drug-likeness (QED) is 0.867. The van der Waals surface area contributed by atoms with Crippen molar-refractivity contribution in [2.75, 3.05) is 0 Å². The predicted octanol–water partition coefficient (Wildman–Crippen LogP) is 3.20. The van der Waals surface area contributed by atoms with Gasteiger partial charge in [0.05, 0.1) is 5.56 Å². The van der Waals surface area contributed by atoms with E-state index in [2.05, 4.69) is 0 Å². The summed E-state index contributed by atoms with van der Waals surface area (Å²) in [5.74, 6) is -0.235. The third kappa shape index (κ3) is 2.17. The number of hydrogen-bond acceptors (Lipinski definition) is 2. The molecule has 1 heterocycles. The zero-order valence-electron chi connectivity index (χ0n) is 10.1. The van der Waals surface area contributed by atoms with Crippen LogP contribution in [-0.2, 0) is 13.1 Å². The highest BCUT2D eigenvalue weighted by atomic mass is 35.5. The summed E-state index contributed by atoms with van der Waals surface area (Å²) < 4.78 is 0. The monoisotopic (exact) mass is 273 g/mol. The van der Waals surface area contributed by atoms with Crippen LogP contribution in [0.3, 0.4) is 0 Å². The summed E-state index contributed by atoms with van der Waals surface area (Å²) in [5.41, 5.74) is 2.55. The SMILES string of the molecule is O=C(c1cc(Cl)ccc1O)N1Cc2ccccc2C1. The van der Waals surface area contributed by atoms with Gasteiger partial charge >= 0.3 is 0 Å². The maximum atomic E-state index is 12.4. The molecule has 1 amide bonds. The van der Waals surface area contributed by atoms with Crippen LogP contribution in [0.1, 0.15) is 21.5 Å². The highest BCUT2D eigenvalue weighted by Gasteiger charge is 2.25. The van der Waals surface area contributed by atoms with Crippen molar-refractivity contribution >= 4 is 17.5 Å². The normalized spacial score (nSPS) is 13.4. The molecule has 1 aliphatic rings. The van der Waals surface area contributed by atoms with Gasteiger partial charge in [-0.3, -0.25) is 4.79 Å². The van der Waals surface area contributed by atoms with Gasteiger partial charge in [-0.15, -0.1) is 0 Å². The molecule has 0 unspecified atom stereocenters. The minimum Gasteiger partial charge on any atom is -0.507 e. The van der Waals surface area contributed by atoms with Crippen LogP contribution < -0.4 is 0 Å². The van der Waals surface area contributed by atoms with Gasteiger partial charge in [0.25, 0.3) is 5.91 Å². The van der Waals surface area contributed by atoms with Gasteiger partial charge in [-0.1, -0.05) is 35.9 Å². The third-order valence-electron chi connectivity index (χ3n) is 3.32. The number of aromatic hydroxyl groups is 1. The van der Waals surface area contributed by atoms with E-state index >= 15 is 0 Å². The number of phenolic OH excluding ortho intramolecular Hbond substituents is 1. The van der Waals surface area contributed by atoms with E-state index in [0.29, 0.717) is 18.1 Å². The third-order valence-corrected chi connectivity index (χ3v) is 3.55. The van der Waals surface area contributed by atoms with Crippen LogP contribution in [0.2, 0.25) is 5.02 Å². The summed E-state index contributed by atoms with van der Waals surface area (Å²) in [5, 5.41) is 10.2. The molecule has 0 spiro atoms. The average molecular weight is 274 g/mol. The minimum atomic E-state index is -0.198. The Balaban J connectivity index is 1.89. The summed E-state index contributed by atoms with van der Waals surface area (Å²) in [6, 6.07) is 12.5. The molecule has 0 fully saturated rings.